The number of carbonyl (C=O) groups excluding carboxylic acids is 2. The van der Waals surface area contributed by atoms with E-state index in [0.717, 1.165) is 6.42 Å². The highest BCUT2D eigenvalue weighted by Gasteiger charge is 2.26. The van der Waals surface area contributed by atoms with Gasteiger partial charge in [0.15, 0.2) is 0 Å². The quantitative estimate of drug-likeness (QED) is 0.898. The summed E-state index contributed by atoms with van der Waals surface area (Å²) in [6.07, 6.45) is 1.41. The van der Waals surface area contributed by atoms with Crippen molar-refractivity contribution in [1.29, 1.82) is 0 Å². The first-order valence-electron chi connectivity index (χ1n) is 6.95. The largest absolute Gasteiger partial charge is 0.324 e. The summed E-state index contributed by atoms with van der Waals surface area (Å²) >= 11 is 6.25. The van der Waals surface area contributed by atoms with E-state index in [-0.39, 0.29) is 11.8 Å². The Hall–Kier alpha value is -1.59. The van der Waals surface area contributed by atoms with Crippen molar-refractivity contribution in [3.8, 4) is 0 Å². The smallest absolute Gasteiger partial charge is 0.244 e. The van der Waals surface area contributed by atoms with Crippen LogP contribution in [0, 0.1) is 0 Å². The number of hydrogen-bond acceptors (Lipinski definition) is 3. The Kier molecular flexibility index (Phi) is 4.54. The molecule has 114 valence electrons. The minimum absolute atomic E-state index is 0.0880. The van der Waals surface area contributed by atoms with Gasteiger partial charge in [0.05, 0.1) is 16.2 Å². The van der Waals surface area contributed by atoms with Gasteiger partial charge in [0, 0.05) is 18.7 Å². The van der Waals surface area contributed by atoms with E-state index in [4.69, 9.17) is 11.6 Å². The molecule has 21 heavy (non-hydrogen) atoms. The molecule has 0 radical (unpaired) electrons. The second-order valence-corrected chi connectivity index (χ2v) is 6.05. The normalized spacial score (nSPS) is 15.4. The number of anilines is 2. The number of benzene rings is 1. The summed E-state index contributed by atoms with van der Waals surface area (Å²) in [5.41, 5.74) is 0.643. The molecule has 0 saturated carbocycles. The maximum Gasteiger partial charge on any atom is 0.244 e. The Morgan fingerprint density at radius 3 is 2.62 bits per heavy atom. The minimum Gasteiger partial charge on any atom is -0.324 e. The van der Waals surface area contributed by atoms with Crippen LogP contribution in [0.5, 0.6) is 0 Å². The summed E-state index contributed by atoms with van der Waals surface area (Å²) in [7, 11) is 1.73. The lowest BCUT2D eigenvalue weighted by Gasteiger charge is -2.23. The number of likely N-dealkylation sites (N-methyl/N-ethyl adjacent to an activating group) is 1. The molecule has 0 atom stereocenters. The monoisotopic (exact) mass is 309 g/mol. The summed E-state index contributed by atoms with van der Waals surface area (Å²) in [5.74, 6) is -0.0592. The minimum atomic E-state index is -0.671. The molecule has 2 amide bonds. The van der Waals surface area contributed by atoms with Crippen molar-refractivity contribution in [2.75, 3.05) is 23.8 Å². The fraction of sp³-hybridized carbons (Fsp3) is 0.467. The lowest BCUT2D eigenvalue weighted by Crippen LogP contribution is -2.47. The van der Waals surface area contributed by atoms with Gasteiger partial charge in [-0.15, -0.1) is 0 Å². The van der Waals surface area contributed by atoms with Gasteiger partial charge < -0.3 is 15.5 Å². The maximum atomic E-state index is 12.1. The fourth-order valence-corrected chi connectivity index (χ4v) is 2.39. The molecule has 5 nitrogen and oxygen atoms in total. The first-order chi connectivity index (χ1) is 9.85. The van der Waals surface area contributed by atoms with Gasteiger partial charge in [0.2, 0.25) is 11.8 Å². The Morgan fingerprint density at radius 2 is 2.10 bits per heavy atom. The number of hydrogen-bond donors (Lipinski definition) is 2. The molecular formula is C15H20ClN3O2. The van der Waals surface area contributed by atoms with Crippen molar-refractivity contribution in [2.45, 2.75) is 32.2 Å². The molecule has 0 aliphatic carbocycles. The van der Waals surface area contributed by atoms with Crippen LogP contribution in [-0.2, 0) is 9.59 Å². The zero-order chi connectivity index (χ0) is 15.6. The highest BCUT2D eigenvalue weighted by molar-refractivity contribution is 6.34. The molecule has 0 spiro atoms. The van der Waals surface area contributed by atoms with Gasteiger partial charge in [-0.3, -0.25) is 9.59 Å². The van der Waals surface area contributed by atoms with Gasteiger partial charge >= 0.3 is 0 Å². The van der Waals surface area contributed by atoms with Crippen LogP contribution in [0.15, 0.2) is 18.2 Å². The van der Waals surface area contributed by atoms with E-state index in [1.807, 2.05) is 0 Å². The number of carbonyl (C=O) groups is 2. The molecular weight excluding hydrogens is 290 g/mol. The number of nitrogens with zero attached hydrogens (tertiary/aromatic N) is 1. The third-order valence-corrected chi connectivity index (χ3v) is 4.07. The number of nitrogens with one attached hydrogen (secondary N) is 2. The van der Waals surface area contributed by atoms with Crippen LogP contribution in [0.25, 0.3) is 0 Å². The van der Waals surface area contributed by atoms with Crippen LogP contribution < -0.4 is 15.5 Å². The van der Waals surface area contributed by atoms with Gasteiger partial charge in [-0.1, -0.05) is 11.6 Å². The van der Waals surface area contributed by atoms with Crippen molar-refractivity contribution in [3.05, 3.63) is 23.2 Å². The van der Waals surface area contributed by atoms with E-state index >= 15 is 0 Å². The third-order valence-electron chi connectivity index (χ3n) is 3.76. The van der Waals surface area contributed by atoms with E-state index in [9.17, 15) is 9.59 Å². The molecule has 1 heterocycles. The predicted molar refractivity (Wildman–Crippen MR) is 84.8 cm³/mol. The van der Waals surface area contributed by atoms with Crippen molar-refractivity contribution in [3.63, 3.8) is 0 Å². The van der Waals surface area contributed by atoms with E-state index in [1.54, 1.807) is 44.0 Å². The van der Waals surface area contributed by atoms with E-state index in [0.29, 0.717) is 29.4 Å². The molecule has 1 aromatic rings. The molecule has 0 aromatic heterocycles. The third kappa shape index (κ3) is 3.36. The summed E-state index contributed by atoms with van der Waals surface area (Å²) in [6, 6.07) is 5.20. The average Bonchev–Trinajstić information content (AvgIpc) is 2.85. The van der Waals surface area contributed by atoms with Crippen LogP contribution in [0.4, 0.5) is 11.4 Å². The van der Waals surface area contributed by atoms with Gasteiger partial charge in [0.1, 0.15) is 0 Å². The number of halogens is 1. The molecule has 0 bridgehead atoms. The summed E-state index contributed by atoms with van der Waals surface area (Å²) in [5, 5.41) is 6.22. The van der Waals surface area contributed by atoms with Crippen LogP contribution >= 0.6 is 11.6 Å². The number of rotatable bonds is 4. The van der Waals surface area contributed by atoms with E-state index < -0.39 is 5.54 Å². The van der Waals surface area contributed by atoms with Crippen molar-refractivity contribution < 1.29 is 9.59 Å². The summed E-state index contributed by atoms with van der Waals surface area (Å²) in [6.45, 7) is 4.28. The summed E-state index contributed by atoms with van der Waals surface area (Å²) < 4.78 is 0. The van der Waals surface area contributed by atoms with Crippen molar-refractivity contribution in [2.24, 2.45) is 0 Å². The molecule has 6 heteroatoms. The maximum absolute atomic E-state index is 12.1. The zero-order valence-corrected chi connectivity index (χ0v) is 13.3. The topological polar surface area (TPSA) is 61.4 Å². The molecule has 1 aliphatic rings. The standard InChI is InChI=1S/C15H20ClN3O2/c1-15(2,17-3)14(21)18-10-6-7-12(11(16)9-10)19-8-4-5-13(19)20/h6-7,9,17H,4-5,8H2,1-3H3,(H,18,21). The van der Waals surface area contributed by atoms with Crippen molar-refractivity contribution in [1.82, 2.24) is 5.32 Å². The fourth-order valence-electron chi connectivity index (χ4n) is 2.11. The number of amides is 2. The van der Waals surface area contributed by atoms with Gasteiger partial charge in [-0.05, 0) is 45.5 Å². The van der Waals surface area contributed by atoms with Crippen LogP contribution in [0.3, 0.4) is 0 Å². The first-order valence-corrected chi connectivity index (χ1v) is 7.33. The Labute approximate surface area is 129 Å². The van der Waals surface area contributed by atoms with Crippen LogP contribution in [-0.4, -0.2) is 30.9 Å². The molecule has 2 N–H and O–H groups in total. The highest BCUT2D eigenvalue weighted by Crippen LogP contribution is 2.31. The molecule has 1 fully saturated rings. The Morgan fingerprint density at radius 1 is 1.38 bits per heavy atom. The second-order valence-electron chi connectivity index (χ2n) is 5.64. The molecule has 1 aromatic carbocycles. The van der Waals surface area contributed by atoms with E-state index in [1.165, 1.54) is 0 Å². The molecule has 0 unspecified atom stereocenters. The first kappa shape index (κ1) is 15.8. The van der Waals surface area contributed by atoms with Crippen molar-refractivity contribution >= 4 is 34.8 Å². The molecule has 1 aliphatic heterocycles. The van der Waals surface area contributed by atoms with E-state index in [2.05, 4.69) is 10.6 Å². The van der Waals surface area contributed by atoms with Gasteiger partial charge in [0.25, 0.3) is 0 Å². The second kappa shape index (κ2) is 6.03. The Balaban J connectivity index is 2.16. The Bertz CT molecular complexity index is 572. The average molecular weight is 310 g/mol. The molecule has 1 saturated heterocycles. The lowest BCUT2D eigenvalue weighted by atomic mass is 10.1. The van der Waals surface area contributed by atoms with Crippen LogP contribution in [0.1, 0.15) is 26.7 Å². The molecule has 2 rings (SSSR count). The zero-order valence-electron chi connectivity index (χ0n) is 12.5. The lowest BCUT2D eigenvalue weighted by molar-refractivity contribution is -0.121. The highest BCUT2D eigenvalue weighted by atomic mass is 35.5. The van der Waals surface area contributed by atoms with Gasteiger partial charge in [-0.25, -0.2) is 0 Å². The van der Waals surface area contributed by atoms with Crippen LogP contribution in [0.2, 0.25) is 5.02 Å². The summed E-state index contributed by atoms with van der Waals surface area (Å²) in [4.78, 5) is 25.5. The predicted octanol–water partition coefficient (Wildman–Crippen LogP) is 2.40. The SMILES string of the molecule is CNC(C)(C)C(=O)Nc1ccc(N2CCCC2=O)c(Cl)c1. The van der Waals surface area contributed by atoms with Gasteiger partial charge in [-0.2, -0.15) is 0 Å².